The molecule has 8 heteroatoms. The number of rotatable bonds is 7. The fourth-order valence-corrected chi connectivity index (χ4v) is 0.919. The van der Waals surface area contributed by atoms with E-state index in [0.29, 0.717) is 0 Å². The SMILES string of the molecule is CC[C@H](C)[C@H](N)C(=O)O.NC(=O)CC[C@@H](N)C(=O)O. The molecule has 0 rings (SSSR count). The van der Waals surface area contributed by atoms with E-state index < -0.39 is 29.9 Å². The largest absolute Gasteiger partial charge is 0.480 e. The van der Waals surface area contributed by atoms with Gasteiger partial charge in [-0.2, -0.15) is 0 Å². The van der Waals surface area contributed by atoms with E-state index in [4.69, 9.17) is 27.4 Å². The summed E-state index contributed by atoms with van der Waals surface area (Å²) in [7, 11) is 0. The Kier molecular flexibility index (Phi) is 10.6. The van der Waals surface area contributed by atoms with Gasteiger partial charge in [-0.3, -0.25) is 14.4 Å². The molecule has 0 saturated heterocycles. The molecule has 8 nitrogen and oxygen atoms in total. The van der Waals surface area contributed by atoms with Gasteiger partial charge in [-0.15, -0.1) is 0 Å². The predicted molar refractivity (Wildman–Crippen MR) is 69.1 cm³/mol. The van der Waals surface area contributed by atoms with Gasteiger partial charge in [0.2, 0.25) is 5.91 Å². The van der Waals surface area contributed by atoms with E-state index in [-0.39, 0.29) is 18.8 Å². The second kappa shape index (κ2) is 10.3. The molecule has 0 unspecified atom stereocenters. The third kappa shape index (κ3) is 11.2. The maximum absolute atomic E-state index is 10.2. The van der Waals surface area contributed by atoms with E-state index in [9.17, 15) is 14.4 Å². The minimum absolute atomic E-state index is 0.0213. The molecule has 0 spiro atoms. The maximum Gasteiger partial charge on any atom is 0.320 e. The van der Waals surface area contributed by atoms with Gasteiger partial charge in [-0.25, -0.2) is 0 Å². The molecule has 0 saturated carbocycles. The van der Waals surface area contributed by atoms with Crippen LogP contribution in [0.1, 0.15) is 33.1 Å². The third-order valence-corrected chi connectivity index (χ3v) is 2.56. The van der Waals surface area contributed by atoms with Crippen LogP contribution < -0.4 is 17.2 Å². The number of aliphatic carboxylic acids is 2. The van der Waals surface area contributed by atoms with Crippen LogP contribution in [0.2, 0.25) is 0 Å². The molecular weight excluding hydrogens is 254 g/mol. The van der Waals surface area contributed by atoms with Crippen LogP contribution in [0.4, 0.5) is 0 Å². The number of carbonyl (C=O) groups excluding carboxylic acids is 1. The molecule has 0 heterocycles. The van der Waals surface area contributed by atoms with Crippen molar-refractivity contribution in [1.82, 2.24) is 0 Å². The highest BCUT2D eigenvalue weighted by Gasteiger charge is 2.17. The Morgan fingerprint density at radius 1 is 1.11 bits per heavy atom. The Labute approximate surface area is 111 Å². The van der Waals surface area contributed by atoms with E-state index >= 15 is 0 Å². The molecule has 0 aromatic heterocycles. The Bertz CT molecular complexity index is 309. The molecule has 19 heavy (non-hydrogen) atoms. The second-order valence-corrected chi connectivity index (χ2v) is 4.20. The van der Waals surface area contributed by atoms with Gasteiger partial charge in [-0.1, -0.05) is 20.3 Å². The zero-order valence-electron chi connectivity index (χ0n) is 11.2. The van der Waals surface area contributed by atoms with Crippen molar-refractivity contribution in [3.05, 3.63) is 0 Å². The van der Waals surface area contributed by atoms with Gasteiger partial charge >= 0.3 is 11.9 Å². The van der Waals surface area contributed by atoms with Crippen LogP contribution in [0, 0.1) is 5.92 Å². The van der Waals surface area contributed by atoms with Crippen LogP contribution in [0.25, 0.3) is 0 Å². The molecule has 3 atom stereocenters. The van der Waals surface area contributed by atoms with Gasteiger partial charge in [-0.05, 0) is 12.3 Å². The van der Waals surface area contributed by atoms with Crippen molar-refractivity contribution < 1.29 is 24.6 Å². The number of amides is 1. The van der Waals surface area contributed by atoms with Crippen LogP contribution >= 0.6 is 0 Å². The van der Waals surface area contributed by atoms with Crippen molar-refractivity contribution in [3.63, 3.8) is 0 Å². The van der Waals surface area contributed by atoms with Gasteiger partial charge in [0, 0.05) is 6.42 Å². The molecule has 0 aliphatic heterocycles. The zero-order valence-corrected chi connectivity index (χ0v) is 11.2. The van der Waals surface area contributed by atoms with Crippen molar-refractivity contribution in [2.24, 2.45) is 23.1 Å². The molecule has 0 fully saturated rings. The lowest BCUT2D eigenvalue weighted by molar-refractivity contribution is -0.140. The Morgan fingerprint density at radius 2 is 1.58 bits per heavy atom. The fraction of sp³-hybridized carbons (Fsp3) is 0.727. The van der Waals surface area contributed by atoms with Gasteiger partial charge in [0.05, 0.1) is 0 Å². The highest BCUT2D eigenvalue weighted by Crippen LogP contribution is 2.04. The van der Waals surface area contributed by atoms with Crippen LogP contribution in [0.15, 0.2) is 0 Å². The molecule has 0 aromatic rings. The quantitative estimate of drug-likeness (QED) is 0.401. The average molecular weight is 277 g/mol. The number of hydrogen-bond donors (Lipinski definition) is 5. The fourth-order valence-electron chi connectivity index (χ4n) is 0.919. The predicted octanol–water partition coefficient (Wildman–Crippen LogP) is -0.892. The summed E-state index contributed by atoms with van der Waals surface area (Å²) < 4.78 is 0. The minimum atomic E-state index is -1.11. The van der Waals surface area contributed by atoms with E-state index in [1.54, 1.807) is 0 Å². The first kappa shape index (κ1) is 19.7. The summed E-state index contributed by atoms with van der Waals surface area (Å²) in [6, 6.07) is -1.68. The second-order valence-electron chi connectivity index (χ2n) is 4.20. The summed E-state index contributed by atoms with van der Waals surface area (Å²) in [6.45, 7) is 3.76. The van der Waals surface area contributed by atoms with Crippen LogP contribution in [-0.2, 0) is 14.4 Å². The lowest BCUT2D eigenvalue weighted by atomic mass is 10.0. The zero-order chi connectivity index (χ0) is 15.6. The molecule has 0 radical (unpaired) electrons. The molecule has 112 valence electrons. The first-order valence-electron chi connectivity index (χ1n) is 5.88. The number of carboxylic acid groups (broad SMARTS) is 2. The highest BCUT2D eigenvalue weighted by molar-refractivity contribution is 5.77. The summed E-state index contributed by atoms with van der Waals surface area (Å²) in [5, 5.41) is 16.6. The van der Waals surface area contributed by atoms with Crippen molar-refractivity contribution in [1.29, 1.82) is 0 Å². The molecule has 8 N–H and O–H groups in total. The van der Waals surface area contributed by atoms with Gasteiger partial charge in [0.25, 0.3) is 0 Å². The summed E-state index contributed by atoms with van der Waals surface area (Å²) >= 11 is 0. The number of primary amides is 1. The lowest BCUT2D eigenvalue weighted by Crippen LogP contribution is -2.36. The topological polar surface area (TPSA) is 170 Å². The lowest BCUT2D eigenvalue weighted by Gasteiger charge is -2.11. The number of hydrogen-bond acceptors (Lipinski definition) is 5. The van der Waals surface area contributed by atoms with Crippen LogP contribution in [-0.4, -0.2) is 40.1 Å². The monoisotopic (exact) mass is 277 g/mol. The van der Waals surface area contributed by atoms with Gasteiger partial charge in [0.15, 0.2) is 0 Å². The highest BCUT2D eigenvalue weighted by atomic mass is 16.4. The molecular formula is C11H23N3O5. The summed E-state index contributed by atoms with van der Waals surface area (Å²) in [4.78, 5) is 30.3. The summed E-state index contributed by atoms with van der Waals surface area (Å²) in [6.07, 6.45) is 0.936. The first-order chi connectivity index (χ1) is 8.63. The minimum Gasteiger partial charge on any atom is -0.480 e. The van der Waals surface area contributed by atoms with Crippen LogP contribution in [0.5, 0.6) is 0 Å². The number of nitrogens with two attached hydrogens (primary N) is 3. The molecule has 0 aliphatic rings. The standard InChI is InChI=1S/C6H13NO2.C5H10N2O3/c1-3-4(2)5(7)6(8)9;6-3(5(9)10)1-2-4(7)8/h4-5H,3,7H2,1-2H3,(H,8,9);3H,1-2,6H2,(H2,7,8)(H,9,10)/t4-,5-;3-/m01/s1. The van der Waals surface area contributed by atoms with E-state index in [1.165, 1.54) is 0 Å². The van der Waals surface area contributed by atoms with Crippen molar-refractivity contribution in [2.45, 2.75) is 45.2 Å². The van der Waals surface area contributed by atoms with Gasteiger partial charge < -0.3 is 27.4 Å². The number of carbonyl (C=O) groups is 3. The smallest absolute Gasteiger partial charge is 0.320 e. The Balaban J connectivity index is 0. The maximum atomic E-state index is 10.2. The third-order valence-electron chi connectivity index (χ3n) is 2.56. The molecule has 0 aromatic carbocycles. The van der Waals surface area contributed by atoms with Gasteiger partial charge in [0.1, 0.15) is 12.1 Å². The summed E-state index contributed by atoms with van der Waals surface area (Å²) in [5.41, 5.74) is 15.1. The molecule has 0 bridgehead atoms. The van der Waals surface area contributed by atoms with E-state index in [1.807, 2.05) is 13.8 Å². The first-order valence-corrected chi connectivity index (χ1v) is 5.88. The number of carboxylic acids is 2. The molecule has 0 aliphatic carbocycles. The van der Waals surface area contributed by atoms with E-state index in [0.717, 1.165) is 6.42 Å². The Hall–Kier alpha value is -1.67. The molecule has 1 amide bonds. The van der Waals surface area contributed by atoms with E-state index in [2.05, 4.69) is 0 Å². The van der Waals surface area contributed by atoms with Crippen LogP contribution in [0.3, 0.4) is 0 Å². The van der Waals surface area contributed by atoms with Crippen molar-refractivity contribution in [2.75, 3.05) is 0 Å². The van der Waals surface area contributed by atoms with Crippen molar-refractivity contribution in [3.8, 4) is 0 Å². The Morgan fingerprint density at radius 3 is 1.79 bits per heavy atom. The normalized spacial score (nSPS) is 14.5. The van der Waals surface area contributed by atoms with Crippen molar-refractivity contribution >= 4 is 17.8 Å². The summed E-state index contributed by atoms with van der Waals surface area (Å²) in [5.74, 6) is -2.48. The average Bonchev–Trinajstić information content (AvgIpc) is 2.34.